The van der Waals surface area contributed by atoms with Crippen LogP contribution in [0.3, 0.4) is 0 Å². The second-order valence-corrected chi connectivity index (χ2v) is 4.45. The highest BCUT2D eigenvalue weighted by Crippen LogP contribution is 2.60. The Hall–Kier alpha value is -0.260. The third-order valence-electron chi connectivity index (χ3n) is 3.86. The molecule has 0 saturated heterocycles. The quantitative estimate of drug-likeness (QED) is 0.447. The molecule has 10 heavy (non-hydrogen) atoms. The number of fused-ring (bicyclic) bond motifs is 1. The maximum atomic E-state index is 2.47. The van der Waals surface area contributed by atoms with Gasteiger partial charge in [-0.2, -0.15) is 0 Å². The van der Waals surface area contributed by atoms with Crippen molar-refractivity contribution >= 4 is 0 Å². The van der Waals surface area contributed by atoms with Crippen LogP contribution in [-0.4, -0.2) is 0 Å². The minimum atomic E-state index is 0.854. The standard InChI is InChI=1S/C10H14/c1-4-10(5-1)6-8-2-3-9(8)7-10/h2,9H,1,3-7H2. The summed E-state index contributed by atoms with van der Waals surface area (Å²) in [7, 11) is 0. The van der Waals surface area contributed by atoms with Crippen molar-refractivity contribution in [3.63, 3.8) is 0 Å². The van der Waals surface area contributed by atoms with Gasteiger partial charge in [0.25, 0.3) is 0 Å². The second-order valence-electron chi connectivity index (χ2n) is 4.45. The van der Waals surface area contributed by atoms with Crippen LogP contribution in [0.15, 0.2) is 11.6 Å². The molecule has 2 saturated carbocycles. The average molecular weight is 134 g/mol. The number of hydrogen-bond donors (Lipinski definition) is 0. The lowest BCUT2D eigenvalue weighted by molar-refractivity contribution is 0.140. The van der Waals surface area contributed by atoms with Crippen molar-refractivity contribution in [1.29, 1.82) is 0 Å². The lowest BCUT2D eigenvalue weighted by Gasteiger charge is -2.38. The predicted molar refractivity (Wildman–Crippen MR) is 41.7 cm³/mol. The Morgan fingerprint density at radius 3 is 2.60 bits per heavy atom. The minimum Gasteiger partial charge on any atom is -0.0844 e. The number of allylic oxidation sites excluding steroid dienone is 2. The summed E-state index contributed by atoms with van der Waals surface area (Å²) in [4.78, 5) is 0. The first-order chi connectivity index (χ1) is 4.88. The minimum absolute atomic E-state index is 0.854. The summed E-state index contributed by atoms with van der Waals surface area (Å²) < 4.78 is 0. The summed E-state index contributed by atoms with van der Waals surface area (Å²) in [6, 6.07) is 0. The SMILES string of the molecule is C1=C2CC3(CCC3)CC2C1. The van der Waals surface area contributed by atoms with Crippen molar-refractivity contribution in [2.75, 3.05) is 0 Å². The summed E-state index contributed by atoms with van der Waals surface area (Å²) in [5.41, 5.74) is 2.67. The fourth-order valence-corrected chi connectivity index (χ4v) is 2.97. The van der Waals surface area contributed by atoms with E-state index in [4.69, 9.17) is 0 Å². The lowest BCUT2D eigenvalue weighted by atomic mass is 9.67. The molecule has 0 aromatic carbocycles. The molecule has 1 unspecified atom stereocenters. The fraction of sp³-hybridized carbons (Fsp3) is 0.800. The maximum Gasteiger partial charge on any atom is -0.0163 e. The van der Waals surface area contributed by atoms with E-state index < -0.39 is 0 Å². The fourth-order valence-electron chi connectivity index (χ4n) is 2.97. The number of rotatable bonds is 0. The Labute approximate surface area is 62.3 Å². The van der Waals surface area contributed by atoms with E-state index in [-0.39, 0.29) is 0 Å². The average Bonchev–Trinajstić information content (AvgIpc) is 2.05. The van der Waals surface area contributed by atoms with E-state index in [0.29, 0.717) is 0 Å². The van der Waals surface area contributed by atoms with Crippen molar-refractivity contribution in [1.82, 2.24) is 0 Å². The van der Waals surface area contributed by atoms with E-state index in [1.54, 1.807) is 19.3 Å². The Kier molecular flexibility index (Phi) is 0.805. The molecule has 3 aliphatic carbocycles. The molecule has 0 amide bonds. The van der Waals surface area contributed by atoms with Gasteiger partial charge < -0.3 is 0 Å². The molecule has 1 atom stereocenters. The van der Waals surface area contributed by atoms with Crippen molar-refractivity contribution in [2.24, 2.45) is 11.3 Å². The van der Waals surface area contributed by atoms with Gasteiger partial charge in [-0.15, -0.1) is 0 Å². The van der Waals surface area contributed by atoms with Gasteiger partial charge in [-0.05, 0) is 43.4 Å². The van der Waals surface area contributed by atoms with E-state index in [9.17, 15) is 0 Å². The van der Waals surface area contributed by atoms with Gasteiger partial charge >= 0.3 is 0 Å². The van der Waals surface area contributed by atoms with Gasteiger partial charge in [-0.25, -0.2) is 0 Å². The molecule has 0 aromatic rings. The normalized spacial score (nSPS) is 40.0. The zero-order chi connectivity index (χ0) is 6.60. The van der Waals surface area contributed by atoms with Crippen LogP contribution in [0.25, 0.3) is 0 Å². The molecule has 0 heterocycles. The van der Waals surface area contributed by atoms with Gasteiger partial charge in [0.2, 0.25) is 0 Å². The molecular formula is C10H14. The number of hydrogen-bond acceptors (Lipinski definition) is 0. The van der Waals surface area contributed by atoms with Crippen LogP contribution in [0.1, 0.15) is 38.5 Å². The molecule has 0 N–H and O–H groups in total. The summed E-state index contributed by atoms with van der Waals surface area (Å²) in [5, 5.41) is 0. The smallest absolute Gasteiger partial charge is 0.0163 e. The molecule has 0 bridgehead atoms. The van der Waals surface area contributed by atoms with Crippen LogP contribution in [-0.2, 0) is 0 Å². The summed E-state index contributed by atoms with van der Waals surface area (Å²) in [5.74, 6) is 1.06. The van der Waals surface area contributed by atoms with Gasteiger partial charge in [0.1, 0.15) is 0 Å². The van der Waals surface area contributed by atoms with Crippen LogP contribution < -0.4 is 0 Å². The zero-order valence-corrected chi connectivity index (χ0v) is 6.40. The topological polar surface area (TPSA) is 0 Å². The highest BCUT2D eigenvalue weighted by Gasteiger charge is 2.47. The first-order valence-electron chi connectivity index (χ1n) is 4.57. The van der Waals surface area contributed by atoms with E-state index in [1.807, 2.05) is 5.57 Å². The third-order valence-corrected chi connectivity index (χ3v) is 3.86. The van der Waals surface area contributed by atoms with Crippen LogP contribution in [0.4, 0.5) is 0 Å². The molecule has 54 valence electrons. The molecule has 0 aromatic heterocycles. The monoisotopic (exact) mass is 134 g/mol. The largest absolute Gasteiger partial charge is 0.0844 e. The van der Waals surface area contributed by atoms with Gasteiger partial charge in [0.15, 0.2) is 0 Å². The van der Waals surface area contributed by atoms with Gasteiger partial charge in [0.05, 0.1) is 0 Å². The van der Waals surface area contributed by atoms with Gasteiger partial charge in [-0.1, -0.05) is 18.1 Å². The second kappa shape index (κ2) is 1.49. The van der Waals surface area contributed by atoms with E-state index >= 15 is 0 Å². The van der Waals surface area contributed by atoms with Crippen LogP contribution >= 0.6 is 0 Å². The Bertz CT molecular complexity index is 196. The highest BCUT2D eigenvalue weighted by molar-refractivity contribution is 5.26. The van der Waals surface area contributed by atoms with E-state index in [0.717, 1.165) is 11.3 Å². The Morgan fingerprint density at radius 1 is 1.40 bits per heavy atom. The maximum absolute atomic E-state index is 2.47. The third kappa shape index (κ3) is 0.492. The predicted octanol–water partition coefficient (Wildman–Crippen LogP) is 2.90. The van der Waals surface area contributed by atoms with Crippen molar-refractivity contribution < 1.29 is 0 Å². The van der Waals surface area contributed by atoms with Crippen molar-refractivity contribution in [3.8, 4) is 0 Å². The van der Waals surface area contributed by atoms with Crippen molar-refractivity contribution in [3.05, 3.63) is 11.6 Å². The lowest BCUT2D eigenvalue weighted by Crippen LogP contribution is -2.25. The van der Waals surface area contributed by atoms with Crippen LogP contribution in [0.2, 0.25) is 0 Å². The summed E-state index contributed by atoms with van der Waals surface area (Å²) in [6.07, 6.45) is 11.5. The molecule has 0 heteroatoms. The Balaban J connectivity index is 1.88. The van der Waals surface area contributed by atoms with Gasteiger partial charge in [-0.3, -0.25) is 0 Å². The molecule has 0 aliphatic heterocycles. The van der Waals surface area contributed by atoms with Crippen LogP contribution in [0.5, 0.6) is 0 Å². The zero-order valence-electron chi connectivity index (χ0n) is 6.40. The van der Waals surface area contributed by atoms with E-state index in [1.165, 1.54) is 19.3 Å². The van der Waals surface area contributed by atoms with E-state index in [2.05, 4.69) is 6.08 Å². The first-order valence-corrected chi connectivity index (χ1v) is 4.57. The highest BCUT2D eigenvalue weighted by atomic mass is 14.5. The Morgan fingerprint density at radius 2 is 2.30 bits per heavy atom. The van der Waals surface area contributed by atoms with Gasteiger partial charge in [0, 0.05) is 0 Å². The van der Waals surface area contributed by atoms with Crippen LogP contribution in [0, 0.1) is 11.3 Å². The molecule has 0 nitrogen and oxygen atoms in total. The molecule has 1 spiro atoms. The first kappa shape index (κ1) is 5.40. The van der Waals surface area contributed by atoms with Crippen molar-refractivity contribution in [2.45, 2.75) is 38.5 Å². The molecule has 3 aliphatic rings. The summed E-state index contributed by atoms with van der Waals surface area (Å²) >= 11 is 0. The summed E-state index contributed by atoms with van der Waals surface area (Å²) in [6.45, 7) is 0. The molecule has 2 fully saturated rings. The molecular weight excluding hydrogens is 120 g/mol. The molecule has 3 rings (SSSR count). The molecule has 0 radical (unpaired) electrons.